The molecule has 0 bridgehead atoms. The van der Waals surface area contributed by atoms with Crippen LogP contribution in [0, 0.1) is 0 Å². The van der Waals surface area contributed by atoms with E-state index in [1.54, 1.807) is 29.5 Å². The molecule has 1 N–H and O–H groups in total. The van der Waals surface area contributed by atoms with Crippen molar-refractivity contribution < 1.29 is 9.90 Å². The molecule has 0 fully saturated rings. The molecule has 0 saturated carbocycles. The number of hydrogen-bond acceptors (Lipinski definition) is 3. The highest BCUT2D eigenvalue weighted by Gasteiger charge is 2.25. The van der Waals surface area contributed by atoms with E-state index >= 15 is 0 Å². The van der Waals surface area contributed by atoms with Crippen LogP contribution in [0.25, 0.3) is 0 Å². The molecule has 0 aromatic carbocycles. The summed E-state index contributed by atoms with van der Waals surface area (Å²) < 4.78 is 1.87. The van der Waals surface area contributed by atoms with Crippen molar-refractivity contribution in [1.82, 2.24) is 14.5 Å². The van der Waals surface area contributed by atoms with Crippen LogP contribution in [-0.4, -0.2) is 44.7 Å². The first-order valence-electron chi connectivity index (χ1n) is 6.42. The molecule has 1 aromatic heterocycles. The Morgan fingerprint density at radius 3 is 2.50 bits per heavy atom. The van der Waals surface area contributed by atoms with E-state index in [9.17, 15) is 9.90 Å². The molecule has 0 spiro atoms. The van der Waals surface area contributed by atoms with Crippen LogP contribution in [0.15, 0.2) is 50.5 Å². The minimum absolute atomic E-state index is 0.348. The summed E-state index contributed by atoms with van der Waals surface area (Å²) in [5.74, 6) is -0.869. The standard InChI is InChI=1S/C15H21N3O2/c1-4-7-17-11-13(16-12-17)10-14(15(19)20)18(8-5-2)9-6-3/h4-6,11-12,14H,1-3,7-10H2,(H,19,20)/t14-/m0/s1. The number of aliphatic carboxylic acids is 1. The molecule has 1 atom stereocenters. The fraction of sp³-hybridized carbons (Fsp3) is 0.333. The maximum atomic E-state index is 11.5. The molecule has 5 nitrogen and oxygen atoms in total. The van der Waals surface area contributed by atoms with Gasteiger partial charge in [-0.15, -0.1) is 19.7 Å². The fourth-order valence-corrected chi connectivity index (χ4v) is 1.99. The van der Waals surface area contributed by atoms with Crippen LogP contribution in [-0.2, 0) is 17.8 Å². The number of aromatic nitrogens is 2. The second kappa shape index (κ2) is 8.12. The zero-order chi connectivity index (χ0) is 15.0. The Labute approximate surface area is 119 Å². The van der Waals surface area contributed by atoms with Crippen LogP contribution < -0.4 is 0 Å². The van der Waals surface area contributed by atoms with Gasteiger partial charge < -0.3 is 9.67 Å². The fourth-order valence-electron chi connectivity index (χ4n) is 1.99. The number of allylic oxidation sites excluding steroid dienone is 1. The van der Waals surface area contributed by atoms with Gasteiger partial charge in [-0.1, -0.05) is 18.2 Å². The summed E-state index contributed by atoms with van der Waals surface area (Å²) in [6.45, 7) is 12.6. The Hall–Kier alpha value is -2.14. The van der Waals surface area contributed by atoms with E-state index < -0.39 is 12.0 Å². The summed E-state index contributed by atoms with van der Waals surface area (Å²) >= 11 is 0. The predicted molar refractivity (Wildman–Crippen MR) is 79.5 cm³/mol. The highest BCUT2D eigenvalue weighted by molar-refractivity contribution is 5.73. The molecule has 0 aliphatic rings. The molecular weight excluding hydrogens is 254 g/mol. The summed E-state index contributed by atoms with van der Waals surface area (Å²) in [6.07, 6.45) is 9.02. The molecule has 20 heavy (non-hydrogen) atoms. The van der Waals surface area contributed by atoms with Crippen LogP contribution in [0.1, 0.15) is 5.69 Å². The number of imidazole rings is 1. The molecule has 1 heterocycles. The van der Waals surface area contributed by atoms with Gasteiger partial charge in [0.2, 0.25) is 0 Å². The summed E-state index contributed by atoms with van der Waals surface area (Å²) in [5.41, 5.74) is 0.748. The van der Waals surface area contributed by atoms with Gasteiger partial charge in [-0.05, 0) is 0 Å². The average molecular weight is 275 g/mol. The van der Waals surface area contributed by atoms with E-state index in [0.29, 0.717) is 26.1 Å². The summed E-state index contributed by atoms with van der Waals surface area (Å²) in [7, 11) is 0. The molecule has 1 rings (SSSR count). The van der Waals surface area contributed by atoms with Gasteiger partial charge in [0, 0.05) is 32.3 Å². The zero-order valence-corrected chi connectivity index (χ0v) is 11.6. The largest absolute Gasteiger partial charge is 0.480 e. The smallest absolute Gasteiger partial charge is 0.321 e. The Kier molecular flexibility index (Phi) is 6.46. The Morgan fingerprint density at radius 1 is 1.35 bits per heavy atom. The molecule has 0 aliphatic carbocycles. The minimum atomic E-state index is -0.869. The highest BCUT2D eigenvalue weighted by Crippen LogP contribution is 2.09. The van der Waals surface area contributed by atoms with Gasteiger partial charge in [0.15, 0.2) is 0 Å². The molecule has 5 heteroatoms. The molecule has 108 valence electrons. The SMILES string of the molecule is C=CCN(CC=C)[C@@H](Cc1cn(CC=C)cn1)C(=O)O. The van der Waals surface area contributed by atoms with Crippen molar-refractivity contribution in [3.05, 3.63) is 56.2 Å². The van der Waals surface area contributed by atoms with Crippen molar-refractivity contribution >= 4 is 5.97 Å². The number of carbonyl (C=O) groups is 1. The lowest BCUT2D eigenvalue weighted by Crippen LogP contribution is -2.43. The van der Waals surface area contributed by atoms with E-state index in [0.717, 1.165) is 5.69 Å². The quantitative estimate of drug-likeness (QED) is 0.661. The molecule has 0 aliphatic heterocycles. The molecule has 0 radical (unpaired) electrons. The van der Waals surface area contributed by atoms with Gasteiger partial charge >= 0.3 is 5.97 Å². The predicted octanol–water partition coefficient (Wildman–Crippen LogP) is 1.74. The van der Waals surface area contributed by atoms with Crippen molar-refractivity contribution in [2.75, 3.05) is 13.1 Å². The van der Waals surface area contributed by atoms with E-state index in [1.807, 2.05) is 10.8 Å². The van der Waals surface area contributed by atoms with Gasteiger partial charge in [0.25, 0.3) is 0 Å². The van der Waals surface area contributed by atoms with Crippen LogP contribution in [0.2, 0.25) is 0 Å². The number of carboxylic acid groups (broad SMARTS) is 1. The van der Waals surface area contributed by atoms with E-state index in [1.165, 1.54) is 0 Å². The van der Waals surface area contributed by atoms with Crippen LogP contribution >= 0.6 is 0 Å². The first-order valence-corrected chi connectivity index (χ1v) is 6.42. The highest BCUT2D eigenvalue weighted by atomic mass is 16.4. The van der Waals surface area contributed by atoms with E-state index in [2.05, 4.69) is 24.7 Å². The van der Waals surface area contributed by atoms with Crippen LogP contribution in [0.5, 0.6) is 0 Å². The monoisotopic (exact) mass is 275 g/mol. The lowest BCUT2D eigenvalue weighted by Gasteiger charge is -2.25. The summed E-state index contributed by atoms with van der Waals surface area (Å²) in [6, 6.07) is -0.641. The van der Waals surface area contributed by atoms with Gasteiger partial charge in [-0.2, -0.15) is 0 Å². The minimum Gasteiger partial charge on any atom is -0.480 e. The number of carboxylic acids is 1. The van der Waals surface area contributed by atoms with Gasteiger partial charge in [0.1, 0.15) is 6.04 Å². The third-order valence-electron chi connectivity index (χ3n) is 2.88. The van der Waals surface area contributed by atoms with Gasteiger partial charge in [-0.25, -0.2) is 4.98 Å². The Bertz CT molecular complexity index is 469. The number of hydrogen-bond donors (Lipinski definition) is 1. The van der Waals surface area contributed by atoms with Gasteiger partial charge in [0.05, 0.1) is 12.0 Å². The van der Waals surface area contributed by atoms with Crippen molar-refractivity contribution in [2.24, 2.45) is 0 Å². The van der Waals surface area contributed by atoms with Crippen LogP contribution in [0.3, 0.4) is 0 Å². The Balaban J connectivity index is 2.83. The Morgan fingerprint density at radius 2 is 2.00 bits per heavy atom. The first-order chi connectivity index (χ1) is 9.62. The average Bonchev–Trinajstić information content (AvgIpc) is 2.83. The zero-order valence-electron chi connectivity index (χ0n) is 11.6. The molecule has 1 aromatic rings. The summed E-state index contributed by atoms with van der Waals surface area (Å²) in [5, 5.41) is 9.41. The van der Waals surface area contributed by atoms with E-state index in [4.69, 9.17) is 0 Å². The number of rotatable bonds is 10. The maximum Gasteiger partial charge on any atom is 0.321 e. The van der Waals surface area contributed by atoms with Crippen molar-refractivity contribution in [1.29, 1.82) is 0 Å². The molecular formula is C15H21N3O2. The second-order valence-corrected chi connectivity index (χ2v) is 4.44. The molecule has 0 saturated heterocycles. The normalized spacial score (nSPS) is 12.1. The molecule has 0 amide bonds. The van der Waals surface area contributed by atoms with Crippen molar-refractivity contribution in [3.63, 3.8) is 0 Å². The van der Waals surface area contributed by atoms with Gasteiger partial charge in [-0.3, -0.25) is 9.69 Å². The third kappa shape index (κ3) is 4.51. The maximum absolute atomic E-state index is 11.5. The van der Waals surface area contributed by atoms with Crippen LogP contribution in [0.4, 0.5) is 0 Å². The lowest BCUT2D eigenvalue weighted by molar-refractivity contribution is -0.142. The lowest BCUT2D eigenvalue weighted by atomic mass is 10.1. The van der Waals surface area contributed by atoms with Crippen molar-refractivity contribution in [2.45, 2.75) is 19.0 Å². The second-order valence-electron chi connectivity index (χ2n) is 4.44. The number of nitrogens with zero attached hydrogens (tertiary/aromatic N) is 3. The van der Waals surface area contributed by atoms with E-state index in [-0.39, 0.29) is 0 Å². The summed E-state index contributed by atoms with van der Waals surface area (Å²) in [4.78, 5) is 17.5. The molecule has 0 unspecified atom stereocenters. The third-order valence-corrected chi connectivity index (χ3v) is 2.88. The van der Waals surface area contributed by atoms with Crippen molar-refractivity contribution in [3.8, 4) is 0 Å². The first kappa shape index (κ1) is 15.9. The topological polar surface area (TPSA) is 58.4 Å².